The Morgan fingerprint density at radius 2 is 1.77 bits per heavy atom. The van der Waals surface area contributed by atoms with Crippen LogP contribution in [0.15, 0.2) is 79.0 Å². The van der Waals surface area contributed by atoms with Gasteiger partial charge in [0.2, 0.25) is 0 Å². The van der Waals surface area contributed by atoms with Gasteiger partial charge in [-0.25, -0.2) is 0 Å². The summed E-state index contributed by atoms with van der Waals surface area (Å²) in [4.78, 5) is 26.0. The number of hydrogen-bond acceptors (Lipinski definition) is 3. The van der Waals surface area contributed by atoms with Gasteiger partial charge in [0, 0.05) is 23.0 Å². The lowest BCUT2D eigenvalue weighted by atomic mass is 10.0. The molecule has 150 valence electrons. The summed E-state index contributed by atoms with van der Waals surface area (Å²) in [6.45, 7) is 4.44. The number of fused-ring (bicyclic) bond motifs is 1. The van der Waals surface area contributed by atoms with Crippen molar-refractivity contribution in [3.05, 3.63) is 90.3 Å². The maximum absolute atomic E-state index is 13.2. The molecule has 0 aliphatic heterocycles. The Morgan fingerprint density at radius 1 is 0.967 bits per heavy atom. The normalized spacial score (nSPS) is 10.7. The zero-order valence-corrected chi connectivity index (χ0v) is 16.9. The van der Waals surface area contributed by atoms with Crippen LogP contribution in [-0.2, 0) is 4.79 Å². The molecule has 1 amide bonds. The second kappa shape index (κ2) is 8.25. The number of aromatic nitrogens is 1. The van der Waals surface area contributed by atoms with Gasteiger partial charge in [0.1, 0.15) is 11.4 Å². The van der Waals surface area contributed by atoms with E-state index < -0.39 is 11.7 Å². The lowest BCUT2D eigenvalue weighted by Gasteiger charge is -2.09. The summed E-state index contributed by atoms with van der Waals surface area (Å²) in [5, 5.41) is 2.72. The average molecular weight is 398 g/mol. The Bertz CT molecular complexity index is 1220. The number of nitrogens with zero attached hydrogens (tertiary/aromatic N) is 1. The van der Waals surface area contributed by atoms with Crippen LogP contribution in [0.2, 0.25) is 0 Å². The van der Waals surface area contributed by atoms with Crippen molar-refractivity contribution in [2.24, 2.45) is 0 Å². The van der Waals surface area contributed by atoms with E-state index in [1.165, 1.54) is 0 Å². The van der Waals surface area contributed by atoms with Crippen molar-refractivity contribution in [2.45, 2.75) is 13.8 Å². The van der Waals surface area contributed by atoms with Crippen molar-refractivity contribution in [1.82, 2.24) is 4.40 Å². The monoisotopic (exact) mass is 398 g/mol. The molecule has 0 aliphatic carbocycles. The summed E-state index contributed by atoms with van der Waals surface area (Å²) in [7, 11) is 0. The third kappa shape index (κ3) is 3.82. The highest BCUT2D eigenvalue weighted by Crippen LogP contribution is 2.30. The predicted molar refractivity (Wildman–Crippen MR) is 118 cm³/mol. The molecule has 30 heavy (non-hydrogen) atoms. The zero-order chi connectivity index (χ0) is 21.1. The van der Waals surface area contributed by atoms with E-state index in [0.29, 0.717) is 23.6 Å². The van der Waals surface area contributed by atoms with Crippen LogP contribution >= 0.6 is 0 Å². The molecule has 0 fully saturated rings. The van der Waals surface area contributed by atoms with E-state index in [2.05, 4.69) is 5.32 Å². The summed E-state index contributed by atoms with van der Waals surface area (Å²) in [5.74, 6) is -0.502. The van der Waals surface area contributed by atoms with Gasteiger partial charge >= 0.3 is 0 Å². The van der Waals surface area contributed by atoms with Crippen LogP contribution in [0.25, 0.3) is 16.6 Å². The van der Waals surface area contributed by atoms with E-state index in [1.54, 1.807) is 16.7 Å². The van der Waals surface area contributed by atoms with Crippen LogP contribution < -0.4 is 10.1 Å². The number of anilines is 1. The Morgan fingerprint density at radius 3 is 2.50 bits per heavy atom. The number of benzene rings is 2. The number of nitrogens with one attached hydrogen (secondary N) is 1. The number of rotatable bonds is 6. The Labute approximate surface area is 174 Å². The number of ether oxygens (including phenoxy) is 1. The van der Waals surface area contributed by atoms with Crippen molar-refractivity contribution in [3.8, 4) is 16.9 Å². The molecule has 2 heterocycles. The number of aryl methyl sites for hydroxylation is 1. The van der Waals surface area contributed by atoms with Crippen LogP contribution in [0.4, 0.5) is 5.69 Å². The first-order chi connectivity index (χ1) is 14.6. The molecule has 5 heteroatoms. The summed E-state index contributed by atoms with van der Waals surface area (Å²) in [6.07, 6.45) is 1.79. The van der Waals surface area contributed by atoms with Gasteiger partial charge in [-0.05, 0) is 67.4 Å². The van der Waals surface area contributed by atoms with E-state index >= 15 is 0 Å². The molecule has 0 bridgehead atoms. The average Bonchev–Trinajstić information content (AvgIpc) is 3.13. The molecule has 0 spiro atoms. The van der Waals surface area contributed by atoms with Gasteiger partial charge in [-0.3, -0.25) is 9.59 Å². The summed E-state index contributed by atoms with van der Waals surface area (Å²) >= 11 is 0. The minimum atomic E-state index is -0.670. The molecule has 0 radical (unpaired) electrons. The van der Waals surface area contributed by atoms with Gasteiger partial charge < -0.3 is 14.5 Å². The molecule has 2 aromatic carbocycles. The lowest BCUT2D eigenvalue weighted by molar-refractivity contribution is -0.112. The molecule has 0 unspecified atom stereocenters. The Balaban J connectivity index is 1.74. The number of pyridine rings is 1. The fourth-order valence-corrected chi connectivity index (χ4v) is 3.49. The van der Waals surface area contributed by atoms with Crippen LogP contribution in [0.1, 0.15) is 23.0 Å². The van der Waals surface area contributed by atoms with Gasteiger partial charge in [0.25, 0.3) is 11.7 Å². The zero-order valence-electron chi connectivity index (χ0n) is 16.9. The third-order valence-corrected chi connectivity index (χ3v) is 4.85. The predicted octanol–water partition coefficient (Wildman–Crippen LogP) is 5.13. The van der Waals surface area contributed by atoms with Crippen molar-refractivity contribution in [2.75, 3.05) is 11.9 Å². The fraction of sp³-hybridized carbons (Fsp3) is 0.120. The van der Waals surface area contributed by atoms with Crippen molar-refractivity contribution in [1.29, 1.82) is 0 Å². The molecule has 4 aromatic rings. The highest BCUT2D eigenvalue weighted by Gasteiger charge is 2.25. The molecule has 0 saturated carbocycles. The first-order valence-corrected chi connectivity index (χ1v) is 9.82. The highest BCUT2D eigenvalue weighted by molar-refractivity contribution is 6.47. The summed E-state index contributed by atoms with van der Waals surface area (Å²) in [6, 6.07) is 22.5. The molecule has 0 saturated heterocycles. The number of amides is 1. The summed E-state index contributed by atoms with van der Waals surface area (Å²) in [5.41, 5.74) is 4.32. The number of carbonyl (C=O) groups excluding carboxylic acids is 2. The minimum Gasteiger partial charge on any atom is -0.494 e. The number of carbonyl (C=O) groups is 2. The second-order valence-corrected chi connectivity index (χ2v) is 7.01. The quantitative estimate of drug-likeness (QED) is 0.362. The maximum Gasteiger partial charge on any atom is 0.298 e. The number of ketones is 1. The first-order valence-electron chi connectivity index (χ1n) is 9.82. The van der Waals surface area contributed by atoms with E-state index in [1.807, 2.05) is 80.6 Å². The molecular weight excluding hydrogens is 376 g/mol. The van der Waals surface area contributed by atoms with Crippen molar-refractivity contribution in [3.63, 3.8) is 0 Å². The molecule has 5 nitrogen and oxygen atoms in total. The van der Waals surface area contributed by atoms with Crippen LogP contribution in [0, 0.1) is 6.92 Å². The van der Waals surface area contributed by atoms with E-state index in [4.69, 9.17) is 4.74 Å². The van der Waals surface area contributed by atoms with Gasteiger partial charge in [-0.2, -0.15) is 0 Å². The van der Waals surface area contributed by atoms with Crippen molar-refractivity contribution < 1.29 is 14.3 Å². The Hall–Kier alpha value is -3.86. The van der Waals surface area contributed by atoms with Crippen LogP contribution in [-0.4, -0.2) is 22.7 Å². The second-order valence-electron chi connectivity index (χ2n) is 7.01. The molecule has 0 atom stereocenters. The molecule has 1 N–H and O–H groups in total. The standard InChI is InChI=1S/C25H22N2O3/c1-3-30-21-12-10-18(11-13-21)22-16-20-9-4-5-14-27(20)23(22)24(28)25(29)26-19-8-6-7-17(2)15-19/h4-16H,3H2,1-2H3,(H,26,29). The Kier molecular flexibility index (Phi) is 5.35. The van der Waals surface area contributed by atoms with E-state index in [0.717, 1.165) is 22.4 Å². The SMILES string of the molecule is CCOc1ccc(-c2cc3ccccn3c2C(=O)C(=O)Nc2cccc(C)c2)cc1. The number of Topliss-reactive ketones (excluding diaryl/α,β-unsaturated/α-hetero) is 1. The van der Waals surface area contributed by atoms with Gasteiger partial charge in [0.15, 0.2) is 0 Å². The number of hydrogen-bond donors (Lipinski definition) is 1. The van der Waals surface area contributed by atoms with Crippen LogP contribution in [0.5, 0.6) is 5.75 Å². The van der Waals surface area contributed by atoms with E-state index in [-0.39, 0.29) is 0 Å². The smallest absolute Gasteiger partial charge is 0.298 e. The minimum absolute atomic E-state index is 0.333. The lowest BCUT2D eigenvalue weighted by Crippen LogP contribution is -2.24. The molecule has 2 aromatic heterocycles. The fourth-order valence-electron chi connectivity index (χ4n) is 3.49. The largest absolute Gasteiger partial charge is 0.494 e. The van der Waals surface area contributed by atoms with Crippen LogP contribution in [0.3, 0.4) is 0 Å². The van der Waals surface area contributed by atoms with Crippen molar-refractivity contribution >= 4 is 22.9 Å². The third-order valence-electron chi connectivity index (χ3n) is 4.85. The maximum atomic E-state index is 13.2. The van der Waals surface area contributed by atoms with Gasteiger partial charge in [0.05, 0.1) is 6.61 Å². The van der Waals surface area contributed by atoms with Gasteiger partial charge in [-0.1, -0.05) is 30.3 Å². The topological polar surface area (TPSA) is 59.8 Å². The van der Waals surface area contributed by atoms with Gasteiger partial charge in [-0.15, -0.1) is 0 Å². The molecule has 4 rings (SSSR count). The highest BCUT2D eigenvalue weighted by atomic mass is 16.5. The first kappa shape index (κ1) is 19.5. The van der Waals surface area contributed by atoms with E-state index in [9.17, 15) is 9.59 Å². The molecule has 0 aliphatic rings. The molecular formula is C25H22N2O3. The summed E-state index contributed by atoms with van der Waals surface area (Å²) < 4.78 is 7.27.